The van der Waals surface area contributed by atoms with Crippen molar-refractivity contribution in [3.8, 4) is 17.1 Å². The Labute approximate surface area is 207 Å². The minimum absolute atomic E-state index is 0.0672. The summed E-state index contributed by atoms with van der Waals surface area (Å²) in [6, 6.07) is 12.3. The number of hydrogen-bond acceptors (Lipinski definition) is 7. The van der Waals surface area contributed by atoms with Gasteiger partial charge in [-0.2, -0.15) is 0 Å². The van der Waals surface area contributed by atoms with E-state index in [4.69, 9.17) is 0 Å². The molecule has 1 aromatic carbocycles. The predicted molar refractivity (Wildman–Crippen MR) is 135 cm³/mol. The van der Waals surface area contributed by atoms with Crippen LogP contribution in [-0.4, -0.2) is 36.7 Å². The fourth-order valence-corrected chi connectivity index (χ4v) is 5.93. The van der Waals surface area contributed by atoms with Gasteiger partial charge in [0.2, 0.25) is 0 Å². The third kappa shape index (κ3) is 5.05. The lowest BCUT2D eigenvalue weighted by molar-refractivity contribution is 0.0923. The highest BCUT2D eigenvalue weighted by Crippen LogP contribution is 2.31. The van der Waals surface area contributed by atoms with E-state index in [0.29, 0.717) is 11.4 Å². The van der Waals surface area contributed by atoms with Crippen molar-refractivity contribution in [2.45, 2.75) is 56.0 Å². The zero-order chi connectivity index (χ0) is 23.3. The van der Waals surface area contributed by atoms with E-state index in [0.717, 1.165) is 45.6 Å². The topological polar surface area (TPSA) is 85.6 Å². The molecule has 1 amide bonds. The van der Waals surface area contributed by atoms with E-state index in [-0.39, 0.29) is 11.9 Å². The Hall–Kier alpha value is -3.04. The molecular formula is C25H26N6OS2. The summed E-state index contributed by atoms with van der Waals surface area (Å²) in [5.74, 6) is 1.31. The van der Waals surface area contributed by atoms with Gasteiger partial charge in [-0.15, -0.1) is 21.5 Å². The summed E-state index contributed by atoms with van der Waals surface area (Å²) in [7, 11) is 0. The summed E-state index contributed by atoms with van der Waals surface area (Å²) in [5, 5.41) is 15.7. The number of amides is 1. The lowest BCUT2D eigenvalue weighted by Crippen LogP contribution is -2.36. The van der Waals surface area contributed by atoms with E-state index in [1.807, 2.05) is 29.6 Å². The Morgan fingerprint density at radius 3 is 2.71 bits per heavy atom. The number of aromatic nitrogens is 5. The molecular weight excluding hydrogens is 464 g/mol. The van der Waals surface area contributed by atoms with Crippen molar-refractivity contribution in [1.29, 1.82) is 0 Å². The summed E-state index contributed by atoms with van der Waals surface area (Å²) < 4.78 is 2.08. The van der Waals surface area contributed by atoms with Crippen LogP contribution < -0.4 is 5.32 Å². The molecule has 1 aliphatic rings. The maximum absolute atomic E-state index is 12.6. The number of carbonyl (C=O) groups is 1. The van der Waals surface area contributed by atoms with Gasteiger partial charge in [-0.1, -0.05) is 49.2 Å². The standard InChI is InChI=1S/C25H26N6OS2/c1-17-7-5-6-10-21(17)31-23(18-11-13-26-14-12-18)29-30-25(31)34-16-22-28-20(15-33-22)24(32)27-19-8-3-2-4-9-19/h5-7,10-15,19H,2-4,8-9,16H2,1H3,(H,27,32). The normalized spacial score (nSPS) is 14.3. The number of nitrogens with zero attached hydrogens (tertiary/aromatic N) is 5. The van der Waals surface area contributed by atoms with Crippen LogP contribution in [0.2, 0.25) is 0 Å². The number of hydrogen-bond donors (Lipinski definition) is 1. The Balaban J connectivity index is 1.35. The van der Waals surface area contributed by atoms with Gasteiger partial charge < -0.3 is 5.32 Å². The van der Waals surface area contributed by atoms with Crippen LogP contribution in [0.4, 0.5) is 0 Å². The molecule has 0 atom stereocenters. The Morgan fingerprint density at radius 2 is 1.91 bits per heavy atom. The Bertz CT molecular complexity index is 1260. The summed E-state index contributed by atoms with van der Waals surface area (Å²) >= 11 is 3.08. The first-order valence-corrected chi connectivity index (χ1v) is 13.4. The van der Waals surface area contributed by atoms with Gasteiger partial charge in [0, 0.05) is 29.4 Å². The van der Waals surface area contributed by atoms with Gasteiger partial charge in [0.15, 0.2) is 11.0 Å². The molecule has 7 nitrogen and oxygen atoms in total. The van der Waals surface area contributed by atoms with Crippen LogP contribution in [0.15, 0.2) is 59.3 Å². The molecule has 0 spiro atoms. The van der Waals surface area contributed by atoms with Crippen molar-refractivity contribution >= 4 is 29.0 Å². The summed E-state index contributed by atoms with van der Waals surface area (Å²) in [6.07, 6.45) is 9.28. The van der Waals surface area contributed by atoms with E-state index < -0.39 is 0 Å². The van der Waals surface area contributed by atoms with Gasteiger partial charge in [-0.3, -0.25) is 14.3 Å². The largest absolute Gasteiger partial charge is 0.348 e. The van der Waals surface area contributed by atoms with Crippen LogP contribution in [0.25, 0.3) is 17.1 Å². The van der Waals surface area contributed by atoms with E-state index >= 15 is 0 Å². The monoisotopic (exact) mass is 490 g/mol. The zero-order valence-electron chi connectivity index (χ0n) is 19.0. The fraction of sp³-hybridized carbons (Fsp3) is 0.320. The van der Waals surface area contributed by atoms with Crippen LogP contribution >= 0.6 is 23.1 Å². The van der Waals surface area contributed by atoms with Crippen LogP contribution in [0.1, 0.15) is 53.2 Å². The second-order valence-corrected chi connectivity index (χ2v) is 10.3. The third-order valence-electron chi connectivity index (χ3n) is 5.98. The lowest BCUT2D eigenvalue weighted by atomic mass is 9.95. The first kappa shape index (κ1) is 22.7. The number of carbonyl (C=O) groups excluding carboxylic acids is 1. The minimum atomic E-state index is -0.0672. The molecule has 3 heterocycles. The highest BCUT2D eigenvalue weighted by molar-refractivity contribution is 7.98. The maximum Gasteiger partial charge on any atom is 0.270 e. The summed E-state index contributed by atoms with van der Waals surface area (Å²) in [6.45, 7) is 2.08. The zero-order valence-corrected chi connectivity index (χ0v) is 20.6. The number of pyridine rings is 1. The quantitative estimate of drug-likeness (QED) is 0.347. The van der Waals surface area contributed by atoms with Crippen molar-refractivity contribution in [2.75, 3.05) is 0 Å². The van der Waals surface area contributed by atoms with Crippen molar-refractivity contribution in [3.05, 3.63) is 70.4 Å². The first-order chi connectivity index (χ1) is 16.7. The van der Waals surface area contributed by atoms with Crippen LogP contribution in [0.3, 0.4) is 0 Å². The molecule has 1 aliphatic carbocycles. The lowest BCUT2D eigenvalue weighted by Gasteiger charge is -2.22. The van der Waals surface area contributed by atoms with E-state index in [9.17, 15) is 4.79 Å². The number of benzene rings is 1. The Morgan fingerprint density at radius 1 is 1.12 bits per heavy atom. The second kappa shape index (κ2) is 10.5. The molecule has 4 aromatic rings. The van der Waals surface area contributed by atoms with Crippen molar-refractivity contribution in [2.24, 2.45) is 0 Å². The van der Waals surface area contributed by atoms with Gasteiger partial charge in [0.1, 0.15) is 10.7 Å². The highest BCUT2D eigenvalue weighted by Gasteiger charge is 2.20. The molecule has 0 aliphatic heterocycles. The number of thioether (sulfide) groups is 1. The Kier molecular flexibility index (Phi) is 7.01. The first-order valence-electron chi connectivity index (χ1n) is 11.5. The van der Waals surface area contributed by atoms with Gasteiger partial charge in [-0.05, 0) is 43.5 Å². The van der Waals surface area contributed by atoms with Gasteiger partial charge in [0.25, 0.3) is 5.91 Å². The molecule has 1 N–H and O–H groups in total. The second-order valence-electron chi connectivity index (χ2n) is 8.39. The van der Waals surface area contributed by atoms with Crippen molar-refractivity contribution < 1.29 is 4.79 Å². The molecule has 34 heavy (non-hydrogen) atoms. The van der Waals surface area contributed by atoms with Gasteiger partial charge in [-0.25, -0.2) is 4.98 Å². The number of aryl methyl sites for hydroxylation is 1. The van der Waals surface area contributed by atoms with Crippen molar-refractivity contribution in [1.82, 2.24) is 30.0 Å². The molecule has 9 heteroatoms. The SMILES string of the molecule is Cc1ccccc1-n1c(SCc2nc(C(=O)NC3CCCCC3)cs2)nnc1-c1ccncc1. The average molecular weight is 491 g/mol. The molecule has 0 saturated heterocycles. The van der Waals surface area contributed by atoms with Crippen molar-refractivity contribution in [3.63, 3.8) is 0 Å². The molecule has 1 fully saturated rings. The van der Waals surface area contributed by atoms with E-state index in [2.05, 4.69) is 49.1 Å². The smallest absolute Gasteiger partial charge is 0.270 e. The van der Waals surface area contributed by atoms with E-state index in [1.54, 1.807) is 24.2 Å². The molecule has 0 unspecified atom stereocenters. The fourth-order valence-electron chi connectivity index (χ4n) is 4.20. The summed E-state index contributed by atoms with van der Waals surface area (Å²) in [5.41, 5.74) is 3.63. The van der Waals surface area contributed by atoms with Gasteiger partial charge >= 0.3 is 0 Å². The van der Waals surface area contributed by atoms with Gasteiger partial charge in [0.05, 0.1) is 11.4 Å². The predicted octanol–water partition coefficient (Wildman–Crippen LogP) is 5.45. The average Bonchev–Trinajstić information content (AvgIpc) is 3.52. The molecule has 1 saturated carbocycles. The number of rotatable bonds is 7. The van der Waals surface area contributed by atoms with E-state index in [1.165, 1.54) is 30.6 Å². The van der Waals surface area contributed by atoms with Crippen LogP contribution in [0.5, 0.6) is 0 Å². The number of nitrogens with one attached hydrogen (secondary N) is 1. The molecule has 174 valence electrons. The maximum atomic E-state index is 12.6. The molecule has 0 bridgehead atoms. The minimum Gasteiger partial charge on any atom is -0.348 e. The third-order valence-corrected chi connectivity index (χ3v) is 7.95. The molecule has 3 aromatic heterocycles. The highest BCUT2D eigenvalue weighted by atomic mass is 32.2. The van der Waals surface area contributed by atoms with Crippen LogP contribution in [-0.2, 0) is 5.75 Å². The molecule has 0 radical (unpaired) electrons. The van der Waals surface area contributed by atoms with Crippen LogP contribution in [0, 0.1) is 6.92 Å². The number of thiazole rings is 1. The number of para-hydroxylation sites is 1. The molecule has 5 rings (SSSR count). The summed E-state index contributed by atoms with van der Waals surface area (Å²) in [4.78, 5) is 21.4.